The zero-order valence-electron chi connectivity index (χ0n) is 28.7. The molecule has 0 atom stereocenters. The minimum atomic E-state index is -0.392. The molecular weight excluding hydrogens is 669 g/mol. The van der Waals surface area contributed by atoms with Gasteiger partial charge in [0, 0.05) is 44.8 Å². The minimum absolute atomic E-state index is 0.379. The number of nitrogens with zero attached hydrogens (tertiary/aromatic N) is 6. The third kappa shape index (κ3) is 5.50. The molecule has 0 saturated heterocycles. The van der Waals surface area contributed by atoms with Gasteiger partial charge >= 0.3 is 5.69 Å². The number of benzene rings is 6. The molecule has 0 aliphatic rings. The van der Waals surface area contributed by atoms with Gasteiger partial charge in [-0.25, -0.2) is 24.7 Å². The van der Waals surface area contributed by atoms with Crippen LogP contribution in [-0.2, 0) is 0 Å². The Kier molecular flexibility index (Phi) is 7.44. The van der Waals surface area contributed by atoms with Crippen molar-refractivity contribution < 1.29 is 4.42 Å². The fourth-order valence-electron chi connectivity index (χ4n) is 6.97. The lowest BCUT2D eigenvalue weighted by Crippen LogP contribution is -2.19. The second-order valence-corrected chi connectivity index (χ2v) is 12.9. The fraction of sp³-hybridized carbons (Fsp3) is 0. The molecule has 0 spiro atoms. The quantitative estimate of drug-likeness (QED) is 0.171. The van der Waals surface area contributed by atoms with Gasteiger partial charge in [0.1, 0.15) is 11.2 Å². The molecule has 0 bridgehead atoms. The summed E-state index contributed by atoms with van der Waals surface area (Å²) in [6.45, 7) is 0. The third-order valence-corrected chi connectivity index (χ3v) is 9.56. The van der Waals surface area contributed by atoms with Crippen molar-refractivity contribution in [2.75, 3.05) is 0 Å². The van der Waals surface area contributed by atoms with Crippen LogP contribution in [0, 0.1) is 0 Å². The van der Waals surface area contributed by atoms with Crippen molar-refractivity contribution in [3.05, 3.63) is 180 Å². The van der Waals surface area contributed by atoms with Crippen molar-refractivity contribution in [2.24, 2.45) is 0 Å². The number of hydrogen-bond acceptors (Lipinski definition) is 7. The summed E-state index contributed by atoms with van der Waals surface area (Å²) in [4.78, 5) is 37.2. The summed E-state index contributed by atoms with van der Waals surface area (Å²) in [5.74, 6) is 2.19. The van der Waals surface area contributed by atoms with Gasteiger partial charge in [-0.3, -0.25) is 4.40 Å². The van der Waals surface area contributed by atoms with Gasteiger partial charge in [-0.2, -0.15) is 4.98 Å². The molecule has 254 valence electrons. The number of furan rings is 1. The smallest absolute Gasteiger partial charge is 0.355 e. The molecule has 0 saturated carbocycles. The number of fused-ring (bicyclic) bond motifs is 4. The molecule has 0 aliphatic carbocycles. The van der Waals surface area contributed by atoms with E-state index >= 15 is 0 Å². The van der Waals surface area contributed by atoms with Crippen molar-refractivity contribution in [2.45, 2.75) is 0 Å². The Bertz CT molecular complexity index is 3010. The van der Waals surface area contributed by atoms with E-state index in [0.717, 1.165) is 66.4 Å². The normalized spacial score (nSPS) is 11.4. The van der Waals surface area contributed by atoms with Crippen LogP contribution in [0.25, 0.3) is 95.4 Å². The van der Waals surface area contributed by atoms with E-state index in [1.807, 2.05) is 140 Å². The molecule has 4 heterocycles. The average Bonchev–Trinajstić information content (AvgIpc) is 3.63. The lowest BCUT2D eigenvalue weighted by molar-refractivity contribution is 0.669. The highest BCUT2D eigenvalue weighted by molar-refractivity contribution is 6.14. The highest BCUT2D eigenvalue weighted by atomic mass is 16.3. The van der Waals surface area contributed by atoms with Crippen LogP contribution in [0.3, 0.4) is 0 Å². The summed E-state index contributed by atoms with van der Waals surface area (Å²) < 4.78 is 7.90. The molecule has 0 amide bonds. The first-order valence-electron chi connectivity index (χ1n) is 17.5. The summed E-state index contributed by atoms with van der Waals surface area (Å²) in [5.41, 5.74) is 8.81. The lowest BCUT2D eigenvalue weighted by atomic mass is 9.97. The first-order valence-corrected chi connectivity index (χ1v) is 17.5. The highest BCUT2D eigenvalue weighted by Gasteiger charge is 2.18. The van der Waals surface area contributed by atoms with Crippen LogP contribution in [0.5, 0.6) is 0 Å². The van der Waals surface area contributed by atoms with Crippen molar-refractivity contribution in [1.29, 1.82) is 0 Å². The summed E-state index contributed by atoms with van der Waals surface area (Å²) >= 11 is 0. The molecule has 10 rings (SSSR count). The van der Waals surface area contributed by atoms with E-state index in [1.165, 1.54) is 4.40 Å². The van der Waals surface area contributed by atoms with Gasteiger partial charge in [0.05, 0.1) is 0 Å². The van der Waals surface area contributed by atoms with E-state index in [1.54, 1.807) is 6.20 Å². The molecule has 0 fully saturated rings. The topological polar surface area (TPSA) is 99.1 Å². The molecule has 10 aromatic rings. The predicted molar refractivity (Wildman–Crippen MR) is 213 cm³/mol. The van der Waals surface area contributed by atoms with Gasteiger partial charge in [-0.1, -0.05) is 127 Å². The third-order valence-electron chi connectivity index (χ3n) is 9.56. The van der Waals surface area contributed by atoms with E-state index in [-0.39, 0.29) is 0 Å². The zero-order valence-corrected chi connectivity index (χ0v) is 28.7. The van der Waals surface area contributed by atoms with E-state index in [4.69, 9.17) is 24.4 Å². The Hall–Kier alpha value is -7.58. The fourth-order valence-corrected chi connectivity index (χ4v) is 6.97. The Morgan fingerprint density at radius 3 is 1.61 bits per heavy atom. The number of hydrogen-bond donors (Lipinski definition) is 0. The Morgan fingerprint density at radius 1 is 0.407 bits per heavy atom. The first kappa shape index (κ1) is 31.2. The Balaban J connectivity index is 1.11. The molecule has 8 heteroatoms. The summed E-state index contributed by atoms with van der Waals surface area (Å²) in [7, 11) is 0. The maximum absolute atomic E-state index is 13.3. The molecule has 0 unspecified atom stereocenters. The van der Waals surface area contributed by atoms with Gasteiger partial charge in [-0.15, -0.1) is 0 Å². The van der Waals surface area contributed by atoms with Crippen LogP contribution in [-0.4, -0.2) is 29.3 Å². The molecule has 0 aliphatic heterocycles. The number of rotatable bonds is 6. The van der Waals surface area contributed by atoms with Gasteiger partial charge in [0.25, 0.3) is 0 Å². The van der Waals surface area contributed by atoms with Crippen molar-refractivity contribution in [3.63, 3.8) is 0 Å². The Labute approximate surface area is 308 Å². The SMILES string of the molecule is O=c1nc(-c2ccccc2)nc2c(-c3cccc4oc5ccc(-c6cccc(-c7nc(-c8ccccc8)nc(-c8ccccc8)n7)c6)cc5c34)cccn12. The maximum Gasteiger partial charge on any atom is 0.355 e. The van der Waals surface area contributed by atoms with Crippen molar-refractivity contribution in [3.8, 4) is 67.8 Å². The second kappa shape index (κ2) is 12.9. The number of aromatic nitrogens is 6. The van der Waals surface area contributed by atoms with Gasteiger partial charge in [0.2, 0.25) is 0 Å². The first-order chi connectivity index (χ1) is 26.7. The van der Waals surface area contributed by atoms with Gasteiger partial charge < -0.3 is 4.42 Å². The van der Waals surface area contributed by atoms with Crippen LogP contribution >= 0.6 is 0 Å². The maximum atomic E-state index is 13.3. The highest BCUT2D eigenvalue weighted by Crippen LogP contribution is 2.40. The summed E-state index contributed by atoms with van der Waals surface area (Å²) in [6, 6.07) is 53.8. The second-order valence-electron chi connectivity index (χ2n) is 12.9. The van der Waals surface area contributed by atoms with Gasteiger partial charge in [-0.05, 0) is 53.1 Å². The van der Waals surface area contributed by atoms with Crippen molar-refractivity contribution >= 4 is 27.6 Å². The van der Waals surface area contributed by atoms with Crippen LogP contribution < -0.4 is 5.69 Å². The zero-order chi connectivity index (χ0) is 36.0. The van der Waals surface area contributed by atoms with E-state index in [0.29, 0.717) is 28.9 Å². The van der Waals surface area contributed by atoms with Crippen molar-refractivity contribution in [1.82, 2.24) is 29.3 Å². The molecule has 0 N–H and O–H groups in total. The largest absolute Gasteiger partial charge is 0.456 e. The molecule has 0 radical (unpaired) electrons. The lowest BCUT2D eigenvalue weighted by Gasteiger charge is -2.10. The average molecular weight is 697 g/mol. The van der Waals surface area contributed by atoms with E-state index < -0.39 is 5.69 Å². The predicted octanol–water partition coefficient (Wildman–Crippen LogP) is 10.2. The summed E-state index contributed by atoms with van der Waals surface area (Å²) in [5, 5.41) is 1.88. The van der Waals surface area contributed by atoms with Crippen LogP contribution in [0.4, 0.5) is 0 Å². The van der Waals surface area contributed by atoms with Crippen LogP contribution in [0.1, 0.15) is 0 Å². The standard InChI is InChI=1S/C46H28N6O2/c53-46-51-43(31-17-8-3-9-18-31)50-45-36(22-12-26-52(45)46)35-21-11-23-39-40(35)37-28-33(24-25-38(37)54-39)32-19-10-20-34(27-32)44-48-41(29-13-4-1-5-14-29)47-42(49-44)30-15-6-2-7-16-30/h1-28H. The van der Waals surface area contributed by atoms with E-state index in [2.05, 4.69) is 29.2 Å². The minimum Gasteiger partial charge on any atom is -0.456 e. The van der Waals surface area contributed by atoms with Crippen LogP contribution in [0.15, 0.2) is 179 Å². The molecule has 8 nitrogen and oxygen atoms in total. The number of pyridine rings is 1. The van der Waals surface area contributed by atoms with E-state index in [9.17, 15) is 4.79 Å². The molecule has 54 heavy (non-hydrogen) atoms. The summed E-state index contributed by atoms with van der Waals surface area (Å²) in [6.07, 6.45) is 1.70. The molecule has 4 aromatic heterocycles. The molecular formula is C46H28N6O2. The molecule has 6 aromatic carbocycles. The monoisotopic (exact) mass is 696 g/mol. The van der Waals surface area contributed by atoms with Crippen LogP contribution in [0.2, 0.25) is 0 Å². The van der Waals surface area contributed by atoms with Gasteiger partial charge in [0.15, 0.2) is 28.9 Å². The Morgan fingerprint density at radius 2 is 0.944 bits per heavy atom.